The van der Waals surface area contributed by atoms with Crippen LogP contribution in [0, 0.1) is 0 Å². The molecule has 0 unspecified atom stereocenters. The van der Waals surface area contributed by atoms with Gasteiger partial charge in [-0.05, 0) is 57.6 Å². The maximum atomic E-state index is 14.3. The third-order valence-electron chi connectivity index (χ3n) is 9.24. The van der Waals surface area contributed by atoms with Crippen LogP contribution in [0.15, 0.2) is 134 Å². The summed E-state index contributed by atoms with van der Waals surface area (Å²) in [4.78, 5) is 72.0. The second-order valence-corrected chi connectivity index (χ2v) is 13.3. The maximum Gasteiger partial charge on any atom is 0.326 e. The van der Waals surface area contributed by atoms with Crippen LogP contribution in [0.4, 0.5) is 0 Å². The highest BCUT2D eigenvalue weighted by molar-refractivity contribution is 5.95. The van der Waals surface area contributed by atoms with Crippen molar-refractivity contribution in [2.75, 3.05) is 6.61 Å². The molecular weight excluding hydrogens is 699 g/mol. The number of aromatic nitrogens is 1. The van der Waals surface area contributed by atoms with Crippen molar-refractivity contribution in [1.82, 2.24) is 26.3 Å². The van der Waals surface area contributed by atoms with Gasteiger partial charge in [-0.1, -0.05) is 97.1 Å². The van der Waals surface area contributed by atoms with Crippen molar-refractivity contribution >= 4 is 29.6 Å². The fourth-order valence-corrected chi connectivity index (χ4v) is 6.29. The van der Waals surface area contributed by atoms with Gasteiger partial charge in [-0.15, -0.1) is 0 Å². The molecule has 12 nitrogen and oxygen atoms in total. The van der Waals surface area contributed by atoms with Gasteiger partial charge in [-0.25, -0.2) is 4.79 Å². The Morgan fingerprint density at radius 1 is 0.582 bits per heavy atom. The van der Waals surface area contributed by atoms with Crippen molar-refractivity contribution in [3.8, 4) is 16.9 Å². The number of amides is 4. The van der Waals surface area contributed by atoms with E-state index in [9.17, 15) is 29.1 Å². The van der Waals surface area contributed by atoms with E-state index < -0.39 is 60.4 Å². The average Bonchev–Trinajstić information content (AvgIpc) is 3.20. The molecule has 0 saturated carbocycles. The highest BCUT2D eigenvalue weighted by Gasteiger charge is 2.32. The highest BCUT2D eigenvalue weighted by Crippen LogP contribution is 2.20. The molecule has 5 aromatic rings. The lowest BCUT2D eigenvalue weighted by atomic mass is 9.98. The number of aliphatic carboxylic acids is 1. The van der Waals surface area contributed by atoms with E-state index in [0.29, 0.717) is 11.3 Å². The zero-order valence-electron chi connectivity index (χ0n) is 29.9. The molecule has 280 valence electrons. The summed E-state index contributed by atoms with van der Waals surface area (Å²) in [6.07, 6.45) is 3.27. The Morgan fingerprint density at radius 2 is 1.07 bits per heavy atom. The van der Waals surface area contributed by atoms with Crippen LogP contribution in [-0.2, 0) is 49.7 Å². The van der Waals surface area contributed by atoms with Gasteiger partial charge >= 0.3 is 5.97 Å². The van der Waals surface area contributed by atoms with Gasteiger partial charge in [0.25, 0.3) is 5.91 Å². The fraction of sp³-hybridized carbons (Fsp3) is 0.209. The van der Waals surface area contributed by atoms with Gasteiger partial charge in [-0.3, -0.25) is 24.2 Å². The van der Waals surface area contributed by atoms with E-state index in [2.05, 4.69) is 26.3 Å². The minimum atomic E-state index is -1.32. The third kappa shape index (κ3) is 10.9. The lowest BCUT2D eigenvalue weighted by Crippen LogP contribution is -2.59. The number of hydrogen-bond donors (Lipinski definition) is 5. The molecule has 55 heavy (non-hydrogen) atoms. The zero-order chi connectivity index (χ0) is 38.6. The number of benzene rings is 4. The minimum absolute atomic E-state index is 0.0388. The molecule has 2 bridgehead atoms. The molecule has 12 heteroatoms. The first kappa shape index (κ1) is 37.9. The van der Waals surface area contributed by atoms with E-state index in [-0.39, 0.29) is 25.7 Å². The molecular formula is C43H41N5O7. The molecule has 0 saturated heterocycles. The topological polar surface area (TPSA) is 176 Å². The van der Waals surface area contributed by atoms with Gasteiger partial charge in [-0.2, -0.15) is 0 Å². The van der Waals surface area contributed by atoms with E-state index in [1.165, 1.54) is 0 Å². The normalized spacial score (nSPS) is 19.6. The Labute approximate surface area is 318 Å². The van der Waals surface area contributed by atoms with Crippen molar-refractivity contribution in [3.63, 3.8) is 0 Å². The molecule has 0 radical (unpaired) electrons. The van der Waals surface area contributed by atoms with Crippen LogP contribution in [0.25, 0.3) is 11.1 Å². The molecule has 4 amide bonds. The highest BCUT2D eigenvalue weighted by atomic mass is 16.5. The number of fused-ring (bicyclic) bond motifs is 16. The van der Waals surface area contributed by atoms with Crippen molar-refractivity contribution in [1.29, 1.82) is 0 Å². The fourth-order valence-electron chi connectivity index (χ4n) is 6.29. The number of nitrogens with one attached hydrogen (secondary N) is 4. The van der Waals surface area contributed by atoms with Gasteiger partial charge in [0, 0.05) is 38.1 Å². The third-order valence-corrected chi connectivity index (χ3v) is 9.24. The van der Waals surface area contributed by atoms with Gasteiger partial charge in [0.2, 0.25) is 17.7 Å². The molecule has 0 fully saturated rings. The second kappa shape index (κ2) is 18.3. The number of carbonyl (C=O) groups excluding carboxylic acids is 4. The Bertz CT molecular complexity index is 2080. The molecule has 4 aromatic carbocycles. The molecule has 0 aliphatic carbocycles. The summed E-state index contributed by atoms with van der Waals surface area (Å²) in [5.41, 5.74) is 4.73. The molecule has 7 rings (SSSR count). The Balaban J connectivity index is 1.34. The molecule has 0 spiro atoms. The quantitative estimate of drug-likeness (QED) is 0.151. The molecule has 1 aromatic heterocycles. The van der Waals surface area contributed by atoms with E-state index in [1.54, 1.807) is 73.1 Å². The summed E-state index contributed by atoms with van der Waals surface area (Å²) in [7, 11) is 0. The Morgan fingerprint density at radius 3 is 1.65 bits per heavy atom. The second-order valence-electron chi connectivity index (χ2n) is 13.3. The van der Waals surface area contributed by atoms with E-state index >= 15 is 0 Å². The molecule has 2 aliphatic heterocycles. The smallest absolute Gasteiger partial charge is 0.326 e. The van der Waals surface area contributed by atoms with Crippen LogP contribution >= 0.6 is 0 Å². The lowest BCUT2D eigenvalue weighted by Gasteiger charge is -2.26. The van der Waals surface area contributed by atoms with Crippen LogP contribution in [-0.4, -0.2) is 70.5 Å². The first-order valence-corrected chi connectivity index (χ1v) is 17.9. The number of ether oxygens (including phenoxy) is 1. The van der Waals surface area contributed by atoms with Crippen LogP contribution in [0.2, 0.25) is 0 Å². The average molecular weight is 740 g/mol. The number of pyridine rings is 1. The SMILES string of the molecule is O=C1COc2ccc(cc2)C[C@@H](C(=O)O)NC(=O)[C@H](Cc2ccccc2)NC(=O)[C@@H](Cc2ccc(-c3ccccc3)cc2)NC(=O)[C@H](Cc2ccncc2)N1. The van der Waals surface area contributed by atoms with Crippen molar-refractivity contribution in [2.45, 2.75) is 49.9 Å². The standard InChI is InChI=1S/C43H41N5O7/c49-39-27-55-34-17-13-30(14-18-34)26-38(43(53)54)48-42(52)36(23-28-7-3-1-4-8-28)47-41(51)37(46-40(50)35(45-39)25-31-19-21-44-22-20-31)24-29-11-15-33(16-12-29)32-9-5-2-6-10-32/h1-22,35-38H,23-27H2,(H,45,49)(H,46,50)(H,47,51)(H,48,52)(H,53,54)/t35-,36-,37+,38-/m0/s1. The Kier molecular flexibility index (Phi) is 12.6. The summed E-state index contributed by atoms with van der Waals surface area (Å²) in [6, 6.07) is 31.4. The number of carboxylic acid groups (broad SMARTS) is 1. The maximum absolute atomic E-state index is 14.3. The van der Waals surface area contributed by atoms with Crippen molar-refractivity contribution in [3.05, 3.63) is 156 Å². The monoisotopic (exact) mass is 739 g/mol. The first-order valence-electron chi connectivity index (χ1n) is 17.9. The number of nitrogens with zero attached hydrogens (tertiary/aromatic N) is 1. The molecule has 5 N–H and O–H groups in total. The van der Waals surface area contributed by atoms with Gasteiger partial charge in [0.15, 0.2) is 6.61 Å². The summed E-state index contributed by atoms with van der Waals surface area (Å²) in [5.74, 6) is -3.50. The lowest BCUT2D eigenvalue weighted by molar-refractivity contribution is -0.142. The van der Waals surface area contributed by atoms with Crippen molar-refractivity contribution in [2.24, 2.45) is 0 Å². The van der Waals surface area contributed by atoms with Crippen LogP contribution in [0.5, 0.6) is 5.75 Å². The van der Waals surface area contributed by atoms with Crippen LogP contribution in [0.3, 0.4) is 0 Å². The van der Waals surface area contributed by atoms with Gasteiger partial charge in [0.1, 0.15) is 29.9 Å². The van der Waals surface area contributed by atoms with E-state index in [0.717, 1.165) is 27.8 Å². The van der Waals surface area contributed by atoms with Crippen LogP contribution in [0.1, 0.15) is 22.3 Å². The summed E-state index contributed by atoms with van der Waals surface area (Å²) in [5, 5.41) is 21.1. The number of rotatable bonds is 8. The predicted octanol–water partition coefficient (Wildman–Crippen LogP) is 3.44. The summed E-state index contributed by atoms with van der Waals surface area (Å²) >= 11 is 0. The number of hydrogen-bond acceptors (Lipinski definition) is 7. The number of carboxylic acids is 1. The van der Waals surface area contributed by atoms with E-state index in [4.69, 9.17) is 4.74 Å². The summed E-state index contributed by atoms with van der Waals surface area (Å²) in [6.45, 7) is -0.411. The van der Waals surface area contributed by atoms with Gasteiger partial charge < -0.3 is 31.1 Å². The minimum Gasteiger partial charge on any atom is -0.484 e. The van der Waals surface area contributed by atoms with Crippen molar-refractivity contribution < 1.29 is 33.8 Å². The Hall–Kier alpha value is -6.82. The predicted molar refractivity (Wildman–Crippen MR) is 205 cm³/mol. The molecule has 3 heterocycles. The van der Waals surface area contributed by atoms with E-state index in [1.807, 2.05) is 60.7 Å². The molecule has 2 aliphatic rings. The first-order chi connectivity index (χ1) is 26.7. The summed E-state index contributed by atoms with van der Waals surface area (Å²) < 4.78 is 5.69. The largest absolute Gasteiger partial charge is 0.484 e. The zero-order valence-corrected chi connectivity index (χ0v) is 29.9. The number of carbonyl (C=O) groups is 5. The van der Waals surface area contributed by atoms with Crippen LogP contribution < -0.4 is 26.0 Å². The molecule has 4 atom stereocenters. The van der Waals surface area contributed by atoms with Gasteiger partial charge in [0.05, 0.1) is 0 Å².